The van der Waals surface area contributed by atoms with Crippen molar-refractivity contribution < 1.29 is 32.3 Å². The van der Waals surface area contributed by atoms with Crippen LogP contribution in [0.15, 0.2) is 29.2 Å². The lowest BCUT2D eigenvalue weighted by Gasteiger charge is -2.34. The van der Waals surface area contributed by atoms with E-state index in [1.54, 1.807) is 20.8 Å². The van der Waals surface area contributed by atoms with Crippen molar-refractivity contribution in [3.05, 3.63) is 29.8 Å². The third kappa shape index (κ3) is 6.00. The summed E-state index contributed by atoms with van der Waals surface area (Å²) in [7, 11) is -3.84. The van der Waals surface area contributed by atoms with Crippen LogP contribution >= 0.6 is 0 Å². The summed E-state index contributed by atoms with van der Waals surface area (Å²) in [5.41, 5.74) is -0.0249. The zero-order chi connectivity index (χ0) is 22.5. The lowest BCUT2D eigenvalue weighted by atomic mass is 10.2. The van der Waals surface area contributed by atoms with E-state index in [-0.39, 0.29) is 35.8 Å². The van der Waals surface area contributed by atoms with Crippen LogP contribution < -0.4 is 10.6 Å². The molecule has 0 bridgehead atoms. The van der Waals surface area contributed by atoms with Crippen LogP contribution in [0.4, 0.5) is 4.79 Å². The normalized spacial score (nSPS) is 20.8. The number of nitrogens with zero attached hydrogens (tertiary/aromatic N) is 1. The monoisotopic (exact) mass is 441 g/mol. The predicted molar refractivity (Wildman–Crippen MR) is 107 cm³/mol. The van der Waals surface area contributed by atoms with Gasteiger partial charge in [0.15, 0.2) is 6.10 Å². The van der Waals surface area contributed by atoms with Gasteiger partial charge in [0.05, 0.1) is 22.7 Å². The van der Waals surface area contributed by atoms with Gasteiger partial charge in [0.1, 0.15) is 0 Å². The summed E-state index contributed by atoms with van der Waals surface area (Å²) in [6, 6.07) is 4.71. The van der Waals surface area contributed by atoms with E-state index >= 15 is 0 Å². The number of hydrogen-bond acceptors (Lipinski definition) is 7. The second-order valence-electron chi connectivity index (χ2n) is 7.00. The molecule has 0 aliphatic carbocycles. The van der Waals surface area contributed by atoms with Gasteiger partial charge in [-0.1, -0.05) is 6.07 Å². The van der Waals surface area contributed by atoms with Crippen LogP contribution in [0.3, 0.4) is 0 Å². The number of carbonyl (C=O) groups excluding carboxylic acids is 3. The van der Waals surface area contributed by atoms with Crippen LogP contribution in [0, 0.1) is 0 Å². The Balaban J connectivity index is 2.11. The topological polar surface area (TPSA) is 131 Å². The molecule has 0 aromatic heterocycles. The molecule has 10 nitrogen and oxygen atoms in total. The second-order valence-corrected chi connectivity index (χ2v) is 8.94. The lowest BCUT2D eigenvalue weighted by molar-refractivity contribution is -0.127. The first-order valence-corrected chi connectivity index (χ1v) is 11.0. The minimum Gasteiger partial charge on any atom is -0.449 e. The van der Waals surface area contributed by atoms with Gasteiger partial charge in [-0.3, -0.25) is 10.1 Å². The number of sulfonamides is 1. The smallest absolute Gasteiger partial charge is 0.338 e. The summed E-state index contributed by atoms with van der Waals surface area (Å²) in [4.78, 5) is 35.7. The largest absolute Gasteiger partial charge is 0.449 e. The highest BCUT2D eigenvalue weighted by Gasteiger charge is 2.32. The quantitative estimate of drug-likeness (QED) is 0.626. The second kappa shape index (κ2) is 10.0. The van der Waals surface area contributed by atoms with E-state index in [1.807, 2.05) is 5.32 Å². The summed E-state index contributed by atoms with van der Waals surface area (Å²) in [6.07, 6.45) is -1.75. The van der Waals surface area contributed by atoms with Gasteiger partial charge in [-0.15, -0.1) is 0 Å². The zero-order valence-corrected chi connectivity index (χ0v) is 18.2. The Morgan fingerprint density at radius 3 is 2.47 bits per heavy atom. The first-order valence-electron chi connectivity index (χ1n) is 9.60. The van der Waals surface area contributed by atoms with Gasteiger partial charge in [-0.05, 0) is 45.9 Å². The summed E-state index contributed by atoms with van der Waals surface area (Å²) in [5, 5.41) is 4.43. The van der Waals surface area contributed by atoms with Crippen molar-refractivity contribution in [2.24, 2.45) is 0 Å². The van der Waals surface area contributed by atoms with Crippen molar-refractivity contribution in [3.8, 4) is 0 Å². The summed E-state index contributed by atoms with van der Waals surface area (Å²) < 4.78 is 37.9. The Morgan fingerprint density at radius 2 is 1.87 bits per heavy atom. The fraction of sp³-hybridized carbons (Fsp3) is 0.526. The highest BCUT2D eigenvalue weighted by atomic mass is 32.2. The number of rotatable bonds is 6. The number of carbonyl (C=O) groups is 3. The minimum absolute atomic E-state index is 0.0249. The maximum absolute atomic E-state index is 13.0. The van der Waals surface area contributed by atoms with Gasteiger partial charge < -0.3 is 14.8 Å². The molecule has 0 radical (unpaired) electrons. The Labute approximate surface area is 176 Å². The SMILES string of the molecule is CCNC(=O)NC(=O)[C@@H](C)OC(=O)c1cccc(S(=O)(=O)N2C[C@@H](C)O[C@@H](C)C2)c1. The molecule has 1 heterocycles. The maximum atomic E-state index is 13.0. The van der Waals surface area contributed by atoms with Crippen molar-refractivity contribution >= 4 is 27.9 Å². The Morgan fingerprint density at radius 1 is 1.23 bits per heavy atom. The summed E-state index contributed by atoms with van der Waals surface area (Å²) >= 11 is 0. The van der Waals surface area contributed by atoms with Crippen LogP contribution in [-0.2, 0) is 24.3 Å². The number of benzene rings is 1. The van der Waals surface area contributed by atoms with Gasteiger partial charge in [0.25, 0.3) is 5.91 Å². The molecule has 1 aliphatic rings. The Kier molecular flexibility index (Phi) is 7.93. The van der Waals surface area contributed by atoms with E-state index in [4.69, 9.17) is 9.47 Å². The molecule has 1 aromatic carbocycles. The fourth-order valence-electron chi connectivity index (χ4n) is 2.96. The minimum atomic E-state index is -3.84. The number of amides is 3. The molecule has 1 saturated heterocycles. The first kappa shape index (κ1) is 23.8. The third-order valence-corrected chi connectivity index (χ3v) is 6.15. The van der Waals surface area contributed by atoms with Crippen molar-refractivity contribution in [2.45, 2.75) is 50.9 Å². The molecule has 0 saturated carbocycles. The van der Waals surface area contributed by atoms with E-state index in [0.717, 1.165) is 0 Å². The third-order valence-electron chi connectivity index (χ3n) is 4.32. The van der Waals surface area contributed by atoms with Crippen molar-refractivity contribution in [2.75, 3.05) is 19.6 Å². The molecular weight excluding hydrogens is 414 g/mol. The summed E-state index contributed by atoms with van der Waals surface area (Å²) in [5.74, 6) is -1.68. The van der Waals surface area contributed by atoms with E-state index in [1.165, 1.54) is 35.5 Å². The molecule has 0 spiro atoms. The van der Waals surface area contributed by atoms with Crippen LogP contribution in [-0.4, -0.2) is 68.6 Å². The number of urea groups is 1. The number of imide groups is 1. The number of morpholine rings is 1. The van der Waals surface area contributed by atoms with Gasteiger partial charge in [0, 0.05) is 19.6 Å². The van der Waals surface area contributed by atoms with Crippen molar-refractivity contribution in [1.82, 2.24) is 14.9 Å². The molecular formula is C19H27N3O7S. The molecule has 3 amide bonds. The summed E-state index contributed by atoms with van der Waals surface area (Å²) in [6.45, 7) is 7.32. The Bertz CT molecular complexity index is 893. The molecule has 2 rings (SSSR count). The van der Waals surface area contributed by atoms with Crippen LogP contribution in [0.5, 0.6) is 0 Å². The number of nitrogens with one attached hydrogen (secondary N) is 2. The number of ether oxygens (including phenoxy) is 2. The molecule has 3 atom stereocenters. The molecule has 166 valence electrons. The molecule has 1 aliphatic heterocycles. The predicted octanol–water partition coefficient (Wildman–Crippen LogP) is 0.876. The molecule has 0 unspecified atom stereocenters. The number of esters is 1. The number of hydrogen-bond donors (Lipinski definition) is 2. The molecule has 1 aromatic rings. The lowest BCUT2D eigenvalue weighted by Crippen LogP contribution is -2.48. The maximum Gasteiger partial charge on any atom is 0.338 e. The highest BCUT2D eigenvalue weighted by Crippen LogP contribution is 2.22. The van der Waals surface area contributed by atoms with Gasteiger partial charge >= 0.3 is 12.0 Å². The zero-order valence-electron chi connectivity index (χ0n) is 17.4. The molecule has 2 N–H and O–H groups in total. The van der Waals surface area contributed by atoms with Gasteiger partial charge in [-0.2, -0.15) is 4.31 Å². The average Bonchev–Trinajstić information content (AvgIpc) is 2.67. The fourth-order valence-corrected chi connectivity index (χ4v) is 4.60. The van der Waals surface area contributed by atoms with Crippen molar-refractivity contribution in [3.63, 3.8) is 0 Å². The van der Waals surface area contributed by atoms with E-state index in [2.05, 4.69) is 5.32 Å². The van der Waals surface area contributed by atoms with Crippen LogP contribution in [0.25, 0.3) is 0 Å². The van der Waals surface area contributed by atoms with Gasteiger partial charge in [0.2, 0.25) is 10.0 Å². The van der Waals surface area contributed by atoms with Crippen molar-refractivity contribution in [1.29, 1.82) is 0 Å². The molecule has 30 heavy (non-hydrogen) atoms. The molecule has 11 heteroatoms. The highest BCUT2D eigenvalue weighted by molar-refractivity contribution is 7.89. The van der Waals surface area contributed by atoms with Crippen LogP contribution in [0.2, 0.25) is 0 Å². The van der Waals surface area contributed by atoms with E-state index in [9.17, 15) is 22.8 Å². The Hall–Kier alpha value is -2.50. The van der Waals surface area contributed by atoms with Crippen LogP contribution in [0.1, 0.15) is 38.1 Å². The van der Waals surface area contributed by atoms with E-state index in [0.29, 0.717) is 6.54 Å². The first-order chi connectivity index (χ1) is 14.0. The van der Waals surface area contributed by atoms with Gasteiger partial charge in [-0.25, -0.2) is 18.0 Å². The van der Waals surface area contributed by atoms with E-state index < -0.39 is 34.0 Å². The average molecular weight is 442 g/mol. The molecule has 1 fully saturated rings. The standard InChI is InChI=1S/C19H27N3O7S/c1-5-20-19(25)21-17(23)14(4)29-18(24)15-7-6-8-16(9-15)30(26,27)22-10-12(2)28-13(3)11-22/h6-9,12-14H,5,10-11H2,1-4H3,(H2,20,21,23,25)/t12-,13+,14-/m1/s1.